The van der Waals surface area contributed by atoms with Crippen LogP contribution in [-0.2, 0) is 13.0 Å². The van der Waals surface area contributed by atoms with Crippen LogP contribution in [0.2, 0.25) is 0 Å². The predicted molar refractivity (Wildman–Crippen MR) is 108 cm³/mol. The van der Waals surface area contributed by atoms with Crippen molar-refractivity contribution in [3.8, 4) is 0 Å². The van der Waals surface area contributed by atoms with E-state index in [0.717, 1.165) is 25.9 Å². The molecular weight excluding hydrogens is 375 g/mol. The van der Waals surface area contributed by atoms with Crippen LogP contribution in [0.4, 0.5) is 9.18 Å². The van der Waals surface area contributed by atoms with Crippen LogP contribution in [-0.4, -0.2) is 61.3 Å². The maximum Gasteiger partial charge on any atom is 0.407 e. The Hall–Kier alpha value is -2.48. The zero-order valence-electron chi connectivity index (χ0n) is 17.1. The normalized spacial score (nSPS) is 20.8. The molecule has 0 radical (unpaired) electrons. The molecule has 7 nitrogen and oxygen atoms in total. The van der Waals surface area contributed by atoms with Crippen LogP contribution in [0.5, 0.6) is 0 Å². The van der Waals surface area contributed by atoms with E-state index in [-0.39, 0.29) is 23.5 Å². The van der Waals surface area contributed by atoms with E-state index in [2.05, 4.69) is 9.88 Å². The average Bonchev–Trinajstić information content (AvgIpc) is 2.65. The number of nitrogens with zero attached hydrogens (tertiary/aromatic N) is 4. The van der Waals surface area contributed by atoms with Crippen molar-refractivity contribution in [3.63, 3.8) is 0 Å². The highest BCUT2D eigenvalue weighted by Crippen LogP contribution is 2.30. The fraction of sp³-hybridized carbons (Fsp3) is 0.571. The lowest BCUT2D eigenvalue weighted by Crippen LogP contribution is -2.56. The van der Waals surface area contributed by atoms with Crippen molar-refractivity contribution < 1.29 is 14.3 Å². The van der Waals surface area contributed by atoms with E-state index in [9.17, 15) is 19.1 Å². The molecule has 0 bridgehead atoms. The molecule has 2 aromatic rings. The summed E-state index contributed by atoms with van der Waals surface area (Å²) in [5.74, 6) is -0.374. The number of carbonyl (C=O) groups is 1. The molecule has 2 aliphatic heterocycles. The van der Waals surface area contributed by atoms with Gasteiger partial charge in [0.1, 0.15) is 5.82 Å². The number of hydrogen-bond acceptors (Lipinski definition) is 4. The number of hydrogen-bond donors (Lipinski definition) is 1. The van der Waals surface area contributed by atoms with Gasteiger partial charge in [0.2, 0.25) is 0 Å². The van der Waals surface area contributed by atoms with Crippen LogP contribution in [0, 0.1) is 5.82 Å². The second kappa shape index (κ2) is 7.09. The van der Waals surface area contributed by atoms with E-state index in [1.807, 2.05) is 20.8 Å². The Labute approximate surface area is 168 Å². The van der Waals surface area contributed by atoms with Crippen molar-refractivity contribution in [2.45, 2.75) is 64.2 Å². The number of carboxylic acid groups (broad SMARTS) is 1. The Morgan fingerprint density at radius 3 is 2.59 bits per heavy atom. The Kier molecular flexibility index (Phi) is 4.85. The molecule has 1 atom stereocenters. The fourth-order valence-electron chi connectivity index (χ4n) is 4.94. The largest absolute Gasteiger partial charge is 0.465 e. The van der Waals surface area contributed by atoms with Gasteiger partial charge in [0, 0.05) is 48.9 Å². The molecule has 29 heavy (non-hydrogen) atoms. The summed E-state index contributed by atoms with van der Waals surface area (Å²) in [5.41, 5.74) is 1.19. The SMILES string of the molecule is CC(C)(C)N(C(=O)O)C1CCN([C@@H]2Cc3c(F)cnc4ccc(=O)n(c34)C2)CC1. The summed E-state index contributed by atoms with van der Waals surface area (Å²) in [6.45, 7) is 7.69. The predicted octanol–water partition coefficient (Wildman–Crippen LogP) is 2.70. The van der Waals surface area contributed by atoms with Crippen LogP contribution in [0.3, 0.4) is 0 Å². The van der Waals surface area contributed by atoms with E-state index in [4.69, 9.17) is 0 Å². The van der Waals surface area contributed by atoms with Gasteiger partial charge >= 0.3 is 6.09 Å². The van der Waals surface area contributed by atoms with E-state index < -0.39 is 11.6 Å². The van der Waals surface area contributed by atoms with Gasteiger partial charge in [-0.25, -0.2) is 9.18 Å². The van der Waals surface area contributed by atoms with Gasteiger partial charge in [0.05, 0.1) is 17.2 Å². The van der Waals surface area contributed by atoms with Crippen molar-refractivity contribution in [1.29, 1.82) is 0 Å². The molecule has 1 N–H and O–H groups in total. The average molecular weight is 402 g/mol. The molecule has 0 unspecified atom stereocenters. The lowest BCUT2D eigenvalue weighted by Gasteiger charge is -2.45. The molecule has 8 heteroatoms. The number of pyridine rings is 2. The van der Waals surface area contributed by atoms with Gasteiger partial charge < -0.3 is 14.6 Å². The third-order valence-electron chi connectivity index (χ3n) is 6.20. The Balaban J connectivity index is 1.55. The topological polar surface area (TPSA) is 78.7 Å². The highest BCUT2D eigenvalue weighted by Gasteiger charge is 2.37. The lowest BCUT2D eigenvalue weighted by molar-refractivity contribution is 0.0310. The fourth-order valence-corrected chi connectivity index (χ4v) is 4.94. The van der Waals surface area contributed by atoms with Gasteiger partial charge in [-0.05, 0) is 46.1 Å². The molecule has 156 valence electrons. The molecule has 1 saturated heterocycles. The molecule has 1 amide bonds. The van der Waals surface area contributed by atoms with Gasteiger partial charge in [-0.1, -0.05) is 0 Å². The highest BCUT2D eigenvalue weighted by molar-refractivity contribution is 5.79. The van der Waals surface area contributed by atoms with E-state index in [1.54, 1.807) is 15.5 Å². The molecule has 4 rings (SSSR count). The van der Waals surface area contributed by atoms with Gasteiger partial charge in [-0.3, -0.25) is 14.7 Å². The molecule has 0 saturated carbocycles. The summed E-state index contributed by atoms with van der Waals surface area (Å²) in [7, 11) is 0. The van der Waals surface area contributed by atoms with Crippen LogP contribution in [0.25, 0.3) is 11.0 Å². The second-order valence-corrected chi connectivity index (χ2v) is 9.05. The van der Waals surface area contributed by atoms with Crippen molar-refractivity contribution in [3.05, 3.63) is 40.1 Å². The zero-order chi connectivity index (χ0) is 20.9. The number of halogens is 1. The van der Waals surface area contributed by atoms with Gasteiger partial charge in [0.15, 0.2) is 0 Å². The molecular formula is C21H27FN4O3. The van der Waals surface area contributed by atoms with Crippen LogP contribution in [0.15, 0.2) is 23.1 Å². The van der Waals surface area contributed by atoms with Crippen molar-refractivity contribution in [2.24, 2.45) is 0 Å². The first-order chi connectivity index (χ1) is 13.7. The summed E-state index contributed by atoms with van der Waals surface area (Å²) in [4.78, 5) is 32.2. The third kappa shape index (κ3) is 3.50. The van der Waals surface area contributed by atoms with Crippen LogP contribution in [0.1, 0.15) is 39.2 Å². The molecule has 0 spiro atoms. The zero-order valence-corrected chi connectivity index (χ0v) is 17.1. The van der Waals surface area contributed by atoms with Crippen molar-refractivity contribution >= 4 is 17.1 Å². The van der Waals surface area contributed by atoms with Crippen LogP contribution < -0.4 is 5.56 Å². The number of likely N-dealkylation sites (tertiary alicyclic amines) is 1. The first kappa shape index (κ1) is 19.8. The molecule has 2 aliphatic rings. The summed E-state index contributed by atoms with van der Waals surface area (Å²) in [5, 5.41) is 9.66. The van der Waals surface area contributed by atoms with E-state index in [1.165, 1.54) is 12.3 Å². The Morgan fingerprint density at radius 2 is 1.97 bits per heavy atom. The molecule has 0 aliphatic carbocycles. The van der Waals surface area contributed by atoms with Crippen LogP contribution >= 0.6 is 0 Å². The maximum atomic E-state index is 14.5. The summed E-state index contributed by atoms with van der Waals surface area (Å²) >= 11 is 0. The highest BCUT2D eigenvalue weighted by atomic mass is 19.1. The minimum absolute atomic E-state index is 0.0107. The first-order valence-corrected chi connectivity index (χ1v) is 10.1. The molecule has 4 heterocycles. The lowest BCUT2D eigenvalue weighted by atomic mass is 9.93. The third-order valence-corrected chi connectivity index (χ3v) is 6.20. The number of rotatable bonds is 2. The minimum atomic E-state index is -0.893. The van der Waals surface area contributed by atoms with Gasteiger partial charge in [0.25, 0.3) is 5.56 Å². The number of piperidine rings is 1. The quantitative estimate of drug-likeness (QED) is 0.836. The molecule has 0 aromatic carbocycles. The number of aromatic nitrogens is 2. The van der Waals surface area contributed by atoms with Crippen molar-refractivity contribution in [2.75, 3.05) is 13.1 Å². The summed E-state index contributed by atoms with van der Waals surface area (Å²) < 4.78 is 16.2. The minimum Gasteiger partial charge on any atom is -0.465 e. The Bertz CT molecular complexity index is 1010. The van der Waals surface area contributed by atoms with E-state index >= 15 is 0 Å². The Morgan fingerprint density at radius 1 is 1.28 bits per heavy atom. The first-order valence-electron chi connectivity index (χ1n) is 10.1. The molecule has 2 aromatic heterocycles. The number of amides is 1. The standard InChI is InChI=1S/C21H27FN4O3/c1-21(2,3)26(20(28)29)13-6-8-24(9-7-13)14-10-15-16(22)11-23-17-4-5-18(27)25(12-14)19(15)17/h4-5,11,13-14H,6-10,12H2,1-3H3,(H,28,29)/t14-/m1/s1. The summed E-state index contributed by atoms with van der Waals surface area (Å²) in [6, 6.07) is 3.11. The maximum absolute atomic E-state index is 14.5. The summed E-state index contributed by atoms with van der Waals surface area (Å²) in [6.07, 6.45) is 2.32. The van der Waals surface area contributed by atoms with Gasteiger partial charge in [-0.2, -0.15) is 0 Å². The van der Waals surface area contributed by atoms with Crippen molar-refractivity contribution in [1.82, 2.24) is 19.4 Å². The second-order valence-electron chi connectivity index (χ2n) is 9.05. The smallest absolute Gasteiger partial charge is 0.407 e. The molecule has 1 fully saturated rings. The monoisotopic (exact) mass is 402 g/mol. The van der Waals surface area contributed by atoms with E-state index in [0.29, 0.717) is 29.6 Å². The van der Waals surface area contributed by atoms with Gasteiger partial charge in [-0.15, -0.1) is 0 Å².